The molecule has 2 heterocycles. The highest BCUT2D eigenvalue weighted by Crippen LogP contribution is 2.25. The molecule has 0 saturated carbocycles. The number of hydrogen-bond acceptors (Lipinski definition) is 4. The Kier molecular flexibility index (Phi) is 6.70. The molecule has 0 bridgehead atoms. The molecule has 0 aliphatic carbocycles. The molecule has 1 fully saturated rings. The topological polar surface area (TPSA) is 38.8 Å². The molecule has 1 aromatic heterocycles. The van der Waals surface area contributed by atoms with Crippen molar-refractivity contribution in [2.75, 3.05) is 20.2 Å². The van der Waals surface area contributed by atoms with Crippen LogP contribution in [-0.4, -0.2) is 31.0 Å². The van der Waals surface area contributed by atoms with Crippen molar-refractivity contribution < 1.29 is 14.3 Å². The summed E-state index contributed by atoms with van der Waals surface area (Å²) in [6, 6.07) is 20.1. The summed E-state index contributed by atoms with van der Waals surface area (Å²) in [5, 5.41) is 2.01. The van der Waals surface area contributed by atoms with Gasteiger partial charge in [0.2, 0.25) is 0 Å². The van der Waals surface area contributed by atoms with Gasteiger partial charge in [0.05, 0.1) is 12.0 Å². The number of benzene rings is 2. The first-order chi connectivity index (χ1) is 14.7. The quantitative estimate of drug-likeness (QED) is 0.511. The van der Waals surface area contributed by atoms with Gasteiger partial charge in [-0.2, -0.15) is 0 Å². The van der Waals surface area contributed by atoms with E-state index in [1.54, 1.807) is 7.11 Å². The van der Waals surface area contributed by atoms with Crippen molar-refractivity contribution in [3.05, 3.63) is 82.0 Å². The van der Waals surface area contributed by atoms with Crippen LogP contribution in [0.3, 0.4) is 0 Å². The lowest BCUT2D eigenvalue weighted by atomic mass is 9.90. The van der Waals surface area contributed by atoms with Crippen LogP contribution >= 0.6 is 11.3 Å². The van der Waals surface area contributed by atoms with Crippen molar-refractivity contribution in [3.63, 3.8) is 0 Å². The average Bonchev–Trinajstić information content (AvgIpc) is 3.28. The zero-order valence-corrected chi connectivity index (χ0v) is 18.1. The summed E-state index contributed by atoms with van der Waals surface area (Å²) in [7, 11) is 1.64. The summed E-state index contributed by atoms with van der Waals surface area (Å²) in [4.78, 5) is 15.7. The third kappa shape index (κ3) is 5.22. The highest BCUT2D eigenvalue weighted by Gasteiger charge is 2.24. The molecule has 156 valence electrons. The molecule has 0 atom stereocenters. The van der Waals surface area contributed by atoms with E-state index in [0.29, 0.717) is 12.5 Å². The standard InChI is InChI=1S/C25H27NO3S/c1-28-22-7-9-23(10-8-22)29-17-21-16-24(30-18-21)25(27)26-13-11-20(12-14-26)15-19-5-3-2-4-6-19/h2-10,16,18,20H,11-15,17H2,1H3. The fourth-order valence-electron chi connectivity index (χ4n) is 3.85. The number of carbonyl (C=O) groups is 1. The molecule has 30 heavy (non-hydrogen) atoms. The molecule has 0 N–H and O–H groups in total. The zero-order chi connectivity index (χ0) is 20.8. The van der Waals surface area contributed by atoms with Gasteiger partial charge in [-0.15, -0.1) is 11.3 Å². The zero-order valence-electron chi connectivity index (χ0n) is 17.3. The van der Waals surface area contributed by atoms with Gasteiger partial charge in [0.15, 0.2) is 0 Å². The number of amides is 1. The Morgan fingerprint density at radius 3 is 2.40 bits per heavy atom. The van der Waals surface area contributed by atoms with Crippen molar-refractivity contribution in [2.45, 2.75) is 25.9 Å². The van der Waals surface area contributed by atoms with Crippen LogP contribution in [0, 0.1) is 5.92 Å². The lowest BCUT2D eigenvalue weighted by Crippen LogP contribution is -2.38. The molecular weight excluding hydrogens is 394 g/mol. The third-order valence-electron chi connectivity index (χ3n) is 5.60. The molecule has 5 heteroatoms. The minimum atomic E-state index is 0.147. The van der Waals surface area contributed by atoms with Gasteiger partial charge in [-0.3, -0.25) is 4.79 Å². The van der Waals surface area contributed by atoms with Crippen molar-refractivity contribution in [2.24, 2.45) is 5.92 Å². The Balaban J connectivity index is 1.26. The first-order valence-electron chi connectivity index (χ1n) is 10.4. The fraction of sp³-hybridized carbons (Fsp3) is 0.320. The lowest BCUT2D eigenvalue weighted by molar-refractivity contribution is 0.0695. The van der Waals surface area contributed by atoms with Gasteiger partial charge in [-0.05, 0) is 66.5 Å². The maximum Gasteiger partial charge on any atom is 0.263 e. The number of hydrogen-bond donors (Lipinski definition) is 0. The Bertz CT molecular complexity index is 944. The predicted molar refractivity (Wildman–Crippen MR) is 120 cm³/mol. The van der Waals surface area contributed by atoms with Gasteiger partial charge >= 0.3 is 0 Å². The lowest BCUT2D eigenvalue weighted by Gasteiger charge is -2.31. The summed E-state index contributed by atoms with van der Waals surface area (Å²) in [5.41, 5.74) is 2.42. The number of thiophene rings is 1. The summed E-state index contributed by atoms with van der Waals surface area (Å²) in [5.74, 6) is 2.40. The maximum atomic E-state index is 12.9. The largest absolute Gasteiger partial charge is 0.497 e. The predicted octanol–water partition coefficient (Wildman–Crippen LogP) is 5.43. The number of rotatable bonds is 7. The van der Waals surface area contributed by atoms with Crippen LogP contribution in [0.15, 0.2) is 66.0 Å². The Hall–Kier alpha value is -2.79. The van der Waals surface area contributed by atoms with Crippen LogP contribution in [0.1, 0.15) is 33.6 Å². The molecule has 0 unspecified atom stereocenters. The third-order valence-corrected chi connectivity index (χ3v) is 6.57. The molecule has 4 rings (SSSR count). The minimum Gasteiger partial charge on any atom is -0.497 e. The molecule has 0 radical (unpaired) electrons. The van der Waals surface area contributed by atoms with Crippen LogP contribution in [-0.2, 0) is 13.0 Å². The molecule has 4 nitrogen and oxygen atoms in total. The normalized spacial score (nSPS) is 14.5. The SMILES string of the molecule is COc1ccc(OCc2csc(C(=O)N3CCC(Cc4ccccc4)CC3)c2)cc1. The summed E-state index contributed by atoms with van der Waals surface area (Å²) < 4.78 is 11.0. The number of methoxy groups -OCH3 is 1. The van der Waals surface area contributed by atoms with E-state index in [2.05, 4.69) is 30.3 Å². The molecule has 1 saturated heterocycles. The van der Waals surface area contributed by atoms with Crippen molar-refractivity contribution in [1.29, 1.82) is 0 Å². The monoisotopic (exact) mass is 421 g/mol. The van der Waals surface area contributed by atoms with E-state index in [9.17, 15) is 4.79 Å². The second kappa shape index (κ2) is 9.81. The molecular formula is C25H27NO3S. The van der Waals surface area contributed by atoms with Crippen LogP contribution < -0.4 is 9.47 Å². The molecule has 3 aromatic rings. The Morgan fingerprint density at radius 2 is 1.70 bits per heavy atom. The number of nitrogens with zero attached hydrogens (tertiary/aromatic N) is 1. The van der Waals surface area contributed by atoms with E-state index in [0.717, 1.165) is 54.3 Å². The minimum absolute atomic E-state index is 0.147. The van der Waals surface area contributed by atoms with Gasteiger partial charge < -0.3 is 14.4 Å². The van der Waals surface area contributed by atoms with Crippen LogP contribution in [0.25, 0.3) is 0 Å². The van der Waals surface area contributed by atoms with E-state index in [4.69, 9.17) is 9.47 Å². The van der Waals surface area contributed by atoms with Gasteiger partial charge in [-0.25, -0.2) is 0 Å². The number of carbonyl (C=O) groups excluding carboxylic acids is 1. The Labute approximate surface area is 182 Å². The molecule has 2 aromatic carbocycles. The van der Waals surface area contributed by atoms with Gasteiger partial charge in [0.1, 0.15) is 18.1 Å². The van der Waals surface area contributed by atoms with E-state index in [1.807, 2.05) is 40.6 Å². The van der Waals surface area contributed by atoms with Crippen LogP contribution in [0.5, 0.6) is 11.5 Å². The molecule has 1 aliphatic rings. The first kappa shape index (κ1) is 20.5. The molecule has 1 aliphatic heterocycles. The number of piperidine rings is 1. The highest BCUT2D eigenvalue weighted by molar-refractivity contribution is 7.12. The average molecular weight is 422 g/mol. The summed E-state index contributed by atoms with van der Waals surface area (Å²) in [6.07, 6.45) is 3.24. The van der Waals surface area contributed by atoms with Crippen molar-refractivity contribution in [1.82, 2.24) is 4.90 Å². The first-order valence-corrected chi connectivity index (χ1v) is 11.3. The van der Waals surface area contributed by atoms with E-state index in [1.165, 1.54) is 16.9 Å². The number of ether oxygens (including phenoxy) is 2. The van der Waals surface area contributed by atoms with Gasteiger partial charge in [-0.1, -0.05) is 30.3 Å². The Morgan fingerprint density at radius 1 is 1.00 bits per heavy atom. The van der Waals surface area contributed by atoms with Crippen LogP contribution in [0.4, 0.5) is 0 Å². The van der Waals surface area contributed by atoms with E-state index in [-0.39, 0.29) is 5.91 Å². The highest BCUT2D eigenvalue weighted by atomic mass is 32.1. The smallest absolute Gasteiger partial charge is 0.263 e. The summed E-state index contributed by atoms with van der Waals surface area (Å²) in [6.45, 7) is 2.13. The second-order valence-electron chi connectivity index (χ2n) is 7.71. The fourth-order valence-corrected chi connectivity index (χ4v) is 4.71. The van der Waals surface area contributed by atoms with Crippen molar-refractivity contribution >= 4 is 17.2 Å². The van der Waals surface area contributed by atoms with Crippen molar-refractivity contribution in [3.8, 4) is 11.5 Å². The van der Waals surface area contributed by atoms with Gasteiger partial charge in [0, 0.05) is 18.7 Å². The van der Waals surface area contributed by atoms with E-state index < -0.39 is 0 Å². The van der Waals surface area contributed by atoms with Crippen LogP contribution in [0.2, 0.25) is 0 Å². The number of likely N-dealkylation sites (tertiary alicyclic amines) is 1. The molecule has 0 spiro atoms. The summed E-state index contributed by atoms with van der Waals surface area (Å²) >= 11 is 1.50. The maximum absolute atomic E-state index is 12.9. The van der Waals surface area contributed by atoms with E-state index >= 15 is 0 Å². The second-order valence-corrected chi connectivity index (χ2v) is 8.62. The molecule has 1 amide bonds. The van der Waals surface area contributed by atoms with Gasteiger partial charge in [0.25, 0.3) is 5.91 Å².